The SMILES string of the molecule is O=C(N/N=C1/CC(c2ccccc2)Oc2ccccc21)c1nnc(-c2ccccc2)o1. The van der Waals surface area contributed by atoms with Gasteiger partial charge in [-0.1, -0.05) is 60.7 Å². The molecule has 31 heavy (non-hydrogen) atoms. The van der Waals surface area contributed by atoms with E-state index < -0.39 is 5.91 Å². The van der Waals surface area contributed by atoms with Crippen LogP contribution in [0.25, 0.3) is 11.5 Å². The van der Waals surface area contributed by atoms with E-state index in [9.17, 15) is 4.79 Å². The van der Waals surface area contributed by atoms with E-state index in [0.717, 1.165) is 22.4 Å². The van der Waals surface area contributed by atoms with Crippen LogP contribution in [0.5, 0.6) is 5.75 Å². The third-order valence-electron chi connectivity index (χ3n) is 4.95. The molecule has 4 aromatic rings. The van der Waals surface area contributed by atoms with Gasteiger partial charge in [0.15, 0.2) is 0 Å². The molecule has 0 aliphatic carbocycles. The maximum atomic E-state index is 12.5. The van der Waals surface area contributed by atoms with E-state index in [2.05, 4.69) is 20.7 Å². The molecule has 0 radical (unpaired) electrons. The summed E-state index contributed by atoms with van der Waals surface area (Å²) in [5.74, 6) is 0.282. The smallest absolute Gasteiger partial charge is 0.328 e. The molecule has 0 bridgehead atoms. The molecule has 7 nitrogen and oxygen atoms in total. The van der Waals surface area contributed by atoms with Gasteiger partial charge in [-0.2, -0.15) is 5.10 Å². The first-order chi connectivity index (χ1) is 15.3. The number of hydrogen-bond acceptors (Lipinski definition) is 6. The zero-order valence-corrected chi connectivity index (χ0v) is 16.4. The average molecular weight is 410 g/mol. The van der Waals surface area contributed by atoms with Crippen LogP contribution in [0, 0.1) is 0 Å². The van der Waals surface area contributed by atoms with Gasteiger partial charge in [-0.15, -0.1) is 10.2 Å². The van der Waals surface area contributed by atoms with Gasteiger partial charge >= 0.3 is 11.8 Å². The van der Waals surface area contributed by atoms with Gasteiger partial charge in [-0.05, 0) is 29.8 Å². The highest BCUT2D eigenvalue weighted by molar-refractivity contribution is 6.04. The molecule has 0 saturated heterocycles. The van der Waals surface area contributed by atoms with Crippen molar-refractivity contribution in [3.63, 3.8) is 0 Å². The number of para-hydroxylation sites is 1. The standard InChI is InChI=1S/C24H18N4O3/c29-22(24-28-27-23(31-24)17-11-5-2-6-12-17)26-25-19-15-21(16-9-3-1-4-10-16)30-20-14-8-7-13-18(19)20/h1-14,21H,15H2,(H,26,29)/b25-19-. The fourth-order valence-corrected chi connectivity index (χ4v) is 3.43. The predicted molar refractivity (Wildman–Crippen MR) is 115 cm³/mol. The predicted octanol–water partition coefficient (Wildman–Crippen LogP) is 4.39. The van der Waals surface area contributed by atoms with Gasteiger partial charge in [-0.25, -0.2) is 5.43 Å². The summed E-state index contributed by atoms with van der Waals surface area (Å²) in [7, 11) is 0. The number of benzene rings is 3. The van der Waals surface area contributed by atoms with Crippen LogP contribution in [-0.4, -0.2) is 21.8 Å². The largest absolute Gasteiger partial charge is 0.485 e. The number of ether oxygens (including phenoxy) is 1. The minimum absolute atomic E-state index is 0.150. The topological polar surface area (TPSA) is 89.6 Å². The fraction of sp³-hybridized carbons (Fsp3) is 0.0833. The molecule has 1 aromatic heterocycles. The molecule has 2 heterocycles. The molecule has 0 saturated carbocycles. The second-order valence-electron chi connectivity index (χ2n) is 7.00. The van der Waals surface area contributed by atoms with Gasteiger partial charge in [0.2, 0.25) is 5.89 Å². The summed E-state index contributed by atoms with van der Waals surface area (Å²) < 4.78 is 11.7. The first-order valence-corrected chi connectivity index (χ1v) is 9.85. The molecule has 1 unspecified atom stereocenters. The van der Waals surface area contributed by atoms with Crippen molar-refractivity contribution in [1.82, 2.24) is 15.6 Å². The van der Waals surface area contributed by atoms with Crippen molar-refractivity contribution in [2.75, 3.05) is 0 Å². The summed E-state index contributed by atoms with van der Waals surface area (Å²) in [5, 5.41) is 12.2. The highest BCUT2D eigenvalue weighted by atomic mass is 16.5. The zero-order valence-electron chi connectivity index (χ0n) is 16.4. The van der Waals surface area contributed by atoms with Crippen molar-refractivity contribution < 1.29 is 13.9 Å². The summed E-state index contributed by atoms with van der Waals surface area (Å²) in [5.41, 5.74) is 5.88. The first-order valence-electron chi connectivity index (χ1n) is 9.85. The summed E-state index contributed by atoms with van der Waals surface area (Å²) in [6.45, 7) is 0. The first kappa shape index (κ1) is 18.7. The number of nitrogens with zero attached hydrogens (tertiary/aromatic N) is 3. The molecule has 0 fully saturated rings. The lowest BCUT2D eigenvalue weighted by molar-refractivity contribution is 0.0920. The molecule has 7 heteroatoms. The maximum absolute atomic E-state index is 12.5. The molecule has 1 atom stereocenters. The van der Waals surface area contributed by atoms with Gasteiger partial charge in [-0.3, -0.25) is 4.79 Å². The number of hydrazone groups is 1. The van der Waals surface area contributed by atoms with Crippen LogP contribution < -0.4 is 10.2 Å². The monoisotopic (exact) mass is 410 g/mol. The molecule has 0 spiro atoms. The van der Waals surface area contributed by atoms with Crippen molar-refractivity contribution >= 4 is 11.6 Å². The minimum atomic E-state index is -0.567. The van der Waals surface area contributed by atoms with Crippen molar-refractivity contribution in [2.45, 2.75) is 12.5 Å². The van der Waals surface area contributed by atoms with E-state index in [1.54, 1.807) is 0 Å². The molecule has 3 aromatic carbocycles. The highest BCUT2D eigenvalue weighted by Gasteiger charge is 2.26. The molecule has 1 N–H and O–H groups in total. The van der Waals surface area contributed by atoms with Gasteiger partial charge in [0.1, 0.15) is 11.9 Å². The van der Waals surface area contributed by atoms with E-state index in [-0.39, 0.29) is 17.9 Å². The van der Waals surface area contributed by atoms with Gasteiger partial charge in [0.25, 0.3) is 0 Å². The number of aromatic nitrogens is 2. The van der Waals surface area contributed by atoms with Crippen LogP contribution in [0.1, 0.15) is 34.3 Å². The lowest BCUT2D eigenvalue weighted by Gasteiger charge is -2.27. The number of hydrogen-bond donors (Lipinski definition) is 1. The Labute approximate surface area is 178 Å². The number of amides is 1. The number of fused-ring (bicyclic) bond motifs is 1. The zero-order chi connectivity index (χ0) is 21.0. The Morgan fingerprint density at radius 2 is 1.61 bits per heavy atom. The second-order valence-corrected chi connectivity index (χ2v) is 7.00. The number of rotatable bonds is 4. The number of nitrogens with one attached hydrogen (secondary N) is 1. The Hall–Kier alpha value is -4.26. The van der Waals surface area contributed by atoms with Crippen LogP contribution in [0.15, 0.2) is 94.4 Å². The lowest BCUT2D eigenvalue weighted by Crippen LogP contribution is -2.25. The third-order valence-corrected chi connectivity index (χ3v) is 4.95. The average Bonchev–Trinajstić information content (AvgIpc) is 3.34. The maximum Gasteiger partial charge on any atom is 0.328 e. The molecule has 1 aliphatic rings. The van der Waals surface area contributed by atoms with Crippen molar-refractivity contribution in [3.05, 3.63) is 102 Å². The summed E-state index contributed by atoms with van der Waals surface area (Å²) in [6.07, 6.45) is 0.320. The minimum Gasteiger partial charge on any atom is -0.485 e. The van der Waals surface area contributed by atoms with Crippen molar-refractivity contribution in [1.29, 1.82) is 0 Å². The molecule has 1 aliphatic heterocycles. The molecule has 5 rings (SSSR count). The summed E-state index contributed by atoms with van der Waals surface area (Å²) in [4.78, 5) is 12.5. The van der Waals surface area contributed by atoms with E-state index >= 15 is 0 Å². The lowest BCUT2D eigenvalue weighted by atomic mass is 9.96. The van der Waals surface area contributed by atoms with Crippen molar-refractivity contribution in [3.8, 4) is 17.2 Å². The Kier molecular flexibility index (Phi) is 4.98. The van der Waals surface area contributed by atoms with Crippen molar-refractivity contribution in [2.24, 2.45) is 5.10 Å². The number of carbonyl (C=O) groups is 1. The quantitative estimate of drug-likeness (QED) is 0.504. The molecule has 152 valence electrons. The van der Waals surface area contributed by atoms with E-state index in [4.69, 9.17) is 9.15 Å². The molecular weight excluding hydrogens is 392 g/mol. The Bertz CT molecular complexity index is 1240. The Morgan fingerprint density at radius 1 is 0.903 bits per heavy atom. The summed E-state index contributed by atoms with van der Waals surface area (Å²) in [6, 6.07) is 26.8. The number of carbonyl (C=O) groups excluding carboxylic acids is 1. The van der Waals surface area contributed by atoms with Gasteiger partial charge in [0, 0.05) is 17.5 Å². The fourth-order valence-electron chi connectivity index (χ4n) is 3.43. The normalized spacial score (nSPS) is 16.4. The van der Waals surface area contributed by atoms with Gasteiger partial charge < -0.3 is 9.15 Å². The van der Waals surface area contributed by atoms with Crippen LogP contribution in [0.3, 0.4) is 0 Å². The van der Waals surface area contributed by atoms with E-state index in [1.807, 2.05) is 84.9 Å². The van der Waals surface area contributed by atoms with Crippen LogP contribution in [0.2, 0.25) is 0 Å². The Balaban J connectivity index is 1.38. The third kappa shape index (κ3) is 3.93. The van der Waals surface area contributed by atoms with E-state index in [1.165, 1.54) is 0 Å². The van der Waals surface area contributed by atoms with Crippen LogP contribution in [0.4, 0.5) is 0 Å². The van der Waals surface area contributed by atoms with Crippen LogP contribution in [-0.2, 0) is 0 Å². The molecule has 1 amide bonds. The summed E-state index contributed by atoms with van der Waals surface area (Å²) >= 11 is 0. The Morgan fingerprint density at radius 3 is 2.42 bits per heavy atom. The molecular formula is C24H18N4O3. The van der Waals surface area contributed by atoms with Crippen LogP contribution >= 0.6 is 0 Å². The highest BCUT2D eigenvalue weighted by Crippen LogP contribution is 2.34. The van der Waals surface area contributed by atoms with Gasteiger partial charge in [0.05, 0.1) is 5.71 Å². The second kappa shape index (κ2) is 8.23. The van der Waals surface area contributed by atoms with E-state index in [0.29, 0.717) is 12.1 Å².